The van der Waals surface area contributed by atoms with Crippen LogP contribution in [0.1, 0.15) is 54.4 Å². The number of anilines is 1. The van der Waals surface area contributed by atoms with E-state index < -0.39 is 30.4 Å². The first-order valence-corrected chi connectivity index (χ1v) is 10.3. The Kier molecular flexibility index (Phi) is 8.38. The van der Waals surface area contributed by atoms with E-state index in [1.165, 1.54) is 11.3 Å². The minimum Gasteiger partial charge on any atom is -0.463 e. The number of ether oxygens (including phenoxy) is 3. The van der Waals surface area contributed by atoms with E-state index in [1.807, 2.05) is 0 Å². The molecule has 1 aliphatic carbocycles. The highest BCUT2D eigenvalue weighted by molar-refractivity contribution is 7.17. The molecule has 1 heterocycles. The molecular formula is C20H25NO7S. The summed E-state index contributed by atoms with van der Waals surface area (Å²) in [5.74, 6) is -2.58. The predicted octanol–water partition coefficient (Wildman–Crippen LogP) is 2.79. The number of fused-ring (bicyclic) bond motifs is 1. The lowest BCUT2D eigenvalue weighted by molar-refractivity contribution is -0.143. The number of rotatable bonds is 8. The van der Waals surface area contributed by atoms with E-state index >= 15 is 0 Å². The van der Waals surface area contributed by atoms with Crippen LogP contribution in [0.4, 0.5) is 5.00 Å². The van der Waals surface area contributed by atoms with Crippen molar-refractivity contribution in [2.45, 2.75) is 52.6 Å². The van der Waals surface area contributed by atoms with Crippen LogP contribution in [-0.2, 0) is 41.4 Å². The van der Waals surface area contributed by atoms with E-state index in [9.17, 15) is 19.2 Å². The molecule has 158 valence electrons. The van der Waals surface area contributed by atoms with Gasteiger partial charge < -0.3 is 19.5 Å². The third-order valence-corrected chi connectivity index (χ3v) is 5.17. The maximum atomic E-state index is 12.6. The van der Waals surface area contributed by atoms with Gasteiger partial charge in [0.2, 0.25) is 0 Å². The average molecular weight is 423 g/mol. The van der Waals surface area contributed by atoms with Crippen LogP contribution >= 0.6 is 11.3 Å². The van der Waals surface area contributed by atoms with Crippen LogP contribution in [0.3, 0.4) is 0 Å². The summed E-state index contributed by atoms with van der Waals surface area (Å²) in [5.41, 5.74) is 1.32. The monoisotopic (exact) mass is 423 g/mol. The van der Waals surface area contributed by atoms with Gasteiger partial charge in [0.1, 0.15) is 5.00 Å². The average Bonchev–Trinajstić information content (AvgIpc) is 3.02. The number of carbonyl (C=O) groups is 4. The third kappa shape index (κ3) is 6.70. The Labute approximate surface area is 173 Å². The Morgan fingerprint density at radius 3 is 2.38 bits per heavy atom. The van der Waals surface area contributed by atoms with Gasteiger partial charge in [-0.1, -0.05) is 0 Å². The maximum Gasteiger partial charge on any atom is 0.341 e. The highest BCUT2D eigenvalue weighted by Crippen LogP contribution is 2.38. The van der Waals surface area contributed by atoms with Crippen molar-refractivity contribution < 1.29 is 33.4 Å². The Balaban J connectivity index is 2.02. The molecule has 0 aliphatic heterocycles. The summed E-state index contributed by atoms with van der Waals surface area (Å²) in [5, 5.41) is 3.06. The van der Waals surface area contributed by atoms with Crippen LogP contribution in [0.2, 0.25) is 0 Å². The van der Waals surface area contributed by atoms with Crippen molar-refractivity contribution in [2.24, 2.45) is 0 Å². The summed E-state index contributed by atoms with van der Waals surface area (Å²) in [4.78, 5) is 48.6. The van der Waals surface area contributed by atoms with Crippen molar-refractivity contribution in [3.05, 3.63) is 28.2 Å². The van der Waals surface area contributed by atoms with Crippen molar-refractivity contribution in [1.29, 1.82) is 0 Å². The van der Waals surface area contributed by atoms with Gasteiger partial charge in [0, 0.05) is 17.0 Å². The fourth-order valence-corrected chi connectivity index (χ4v) is 4.11. The van der Waals surface area contributed by atoms with Crippen molar-refractivity contribution in [3.63, 3.8) is 0 Å². The maximum absolute atomic E-state index is 12.6. The van der Waals surface area contributed by atoms with Gasteiger partial charge in [-0.05, 0) is 52.0 Å². The molecule has 1 amide bonds. The molecule has 0 aromatic carbocycles. The number of esters is 3. The lowest BCUT2D eigenvalue weighted by Crippen LogP contribution is -2.22. The predicted molar refractivity (Wildman–Crippen MR) is 107 cm³/mol. The van der Waals surface area contributed by atoms with E-state index in [2.05, 4.69) is 10.1 Å². The zero-order chi connectivity index (χ0) is 21.4. The van der Waals surface area contributed by atoms with Crippen LogP contribution in [0.25, 0.3) is 0 Å². The number of aryl methyl sites for hydroxylation is 1. The van der Waals surface area contributed by atoms with Gasteiger partial charge in [0.15, 0.2) is 6.61 Å². The van der Waals surface area contributed by atoms with E-state index in [1.54, 1.807) is 20.8 Å². The van der Waals surface area contributed by atoms with Gasteiger partial charge >= 0.3 is 17.9 Å². The summed E-state index contributed by atoms with van der Waals surface area (Å²) in [6.45, 7) is 4.80. The molecule has 1 N–H and O–H groups in total. The molecule has 29 heavy (non-hydrogen) atoms. The Hall–Kier alpha value is -2.68. The van der Waals surface area contributed by atoms with Gasteiger partial charge in [-0.25, -0.2) is 14.4 Å². The molecule has 0 atom stereocenters. The summed E-state index contributed by atoms with van der Waals surface area (Å²) >= 11 is 1.35. The first-order chi connectivity index (χ1) is 13.8. The minimum absolute atomic E-state index is 0.187. The van der Waals surface area contributed by atoms with Crippen molar-refractivity contribution >= 4 is 40.2 Å². The fourth-order valence-electron chi connectivity index (χ4n) is 2.82. The van der Waals surface area contributed by atoms with Crippen LogP contribution < -0.4 is 5.32 Å². The zero-order valence-electron chi connectivity index (χ0n) is 16.7. The van der Waals surface area contributed by atoms with Crippen LogP contribution in [-0.4, -0.2) is 43.1 Å². The molecule has 9 heteroatoms. The molecule has 0 saturated carbocycles. The highest BCUT2D eigenvalue weighted by Gasteiger charge is 2.28. The molecule has 1 aromatic heterocycles. The molecule has 0 saturated heterocycles. The standard InChI is InChI=1S/C20H25NO7S/c1-4-26-16(23)9-10-17(24)27-11-15(22)21-19-18(20(25)28-12(2)3)13-7-5-6-8-14(13)29-19/h9-10,12H,4-8,11H2,1-3H3,(H,21,22)/b10-9+. The summed E-state index contributed by atoms with van der Waals surface area (Å²) in [7, 11) is 0. The molecule has 0 bridgehead atoms. The largest absolute Gasteiger partial charge is 0.463 e. The topological polar surface area (TPSA) is 108 Å². The van der Waals surface area contributed by atoms with Crippen molar-refractivity contribution in [3.8, 4) is 0 Å². The van der Waals surface area contributed by atoms with E-state index in [0.29, 0.717) is 10.6 Å². The number of hydrogen-bond acceptors (Lipinski definition) is 8. The number of nitrogens with one attached hydrogen (secondary N) is 1. The third-order valence-electron chi connectivity index (χ3n) is 3.96. The first-order valence-electron chi connectivity index (χ1n) is 9.48. The Morgan fingerprint density at radius 2 is 1.72 bits per heavy atom. The van der Waals surface area contributed by atoms with Crippen LogP contribution in [0.5, 0.6) is 0 Å². The van der Waals surface area contributed by atoms with Gasteiger partial charge in [0.25, 0.3) is 5.91 Å². The number of thiophene rings is 1. The SMILES string of the molecule is CCOC(=O)/C=C/C(=O)OCC(=O)Nc1sc2c(c1C(=O)OC(C)C)CCCC2. The van der Waals surface area contributed by atoms with Crippen molar-refractivity contribution in [1.82, 2.24) is 0 Å². The molecule has 8 nitrogen and oxygen atoms in total. The van der Waals surface area contributed by atoms with Gasteiger partial charge in [-0.15, -0.1) is 11.3 Å². The lowest BCUT2D eigenvalue weighted by Gasteiger charge is -2.14. The molecule has 0 radical (unpaired) electrons. The molecule has 1 aromatic rings. The van der Waals surface area contributed by atoms with Crippen LogP contribution in [0, 0.1) is 0 Å². The quantitative estimate of drug-likeness (QED) is 0.389. The smallest absolute Gasteiger partial charge is 0.341 e. The van der Waals surface area contributed by atoms with Crippen LogP contribution in [0.15, 0.2) is 12.2 Å². The second kappa shape index (κ2) is 10.8. The second-order valence-corrected chi connectivity index (χ2v) is 7.72. The molecule has 0 fully saturated rings. The summed E-state index contributed by atoms with van der Waals surface area (Å²) in [6, 6.07) is 0. The summed E-state index contributed by atoms with van der Waals surface area (Å²) < 4.78 is 14.8. The van der Waals surface area contributed by atoms with Crippen molar-refractivity contribution in [2.75, 3.05) is 18.5 Å². The molecule has 0 spiro atoms. The van der Waals surface area contributed by atoms with Gasteiger partial charge in [0.05, 0.1) is 18.3 Å². The lowest BCUT2D eigenvalue weighted by atomic mass is 9.95. The number of amides is 1. The van der Waals surface area contributed by atoms with E-state index in [0.717, 1.165) is 48.3 Å². The zero-order valence-corrected chi connectivity index (χ0v) is 17.6. The van der Waals surface area contributed by atoms with Gasteiger partial charge in [-0.3, -0.25) is 4.79 Å². The fraction of sp³-hybridized carbons (Fsp3) is 0.500. The number of carbonyl (C=O) groups excluding carboxylic acids is 4. The molecule has 1 aliphatic rings. The molecule has 0 unspecified atom stereocenters. The second-order valence-electron chi connectivity index (χ2n) is 6.61. The normalized spacial score (nSPS) is 13.1. The molecule has 2 rings (SSSR count). The Bertz CT molecular complexity index is 810. The summed E-state index contributed by atoms with van der Waals surface area (Å²) in [6.07, 6.45) is 5.16. The minimum atomic E-state index is -0.849. The van der Waals surface area contributed by atoms with Gasteiger partial charge in [-0.2, -0.15) is 0 Å². The van der Waals surface area contributed by atoms with E-state index in [-0.39, 0.29) is 12.7 Å². The highest BCUT2D eigenvalue weighted by atomic mass is 32.1. The van der Waals surface area contributed by atoms with E-state index in [4.69, 9.17) is 9.47 Å². The molecular weight excluding hydrogens is 398 g/mol. The Morgan fingerprint density at radius 1 is 1.07 bits per heavy atom. The number of hydrogen-bond donors (Lipinski definition) is 1. The first kappa shape index (κ1) is 22.6.